The first-order valence-electron chi connectivity index (χ1n) is 7.17. The highest BCUT2D eigenvalue weighted by Crippen LogP contribution is 2.20. The summed E-state index contributed by atoms with van der Waals surface area (Å²) in [4.78, 5) is 11.7. The fraction of sp³-hybridized carbons (Fsp3) is 0.562. The molecule has 0 bridgehead atoms. The molecule has 0 saturated carbocycles. The van der Waals surface area contributed by atoms with E-state index < -0.39 is 0 Å². The third-order valence-electron chi connectivity index (χ3n) is 3.05. The van der Waals surface area contributed by atoms with Crippen molar-refractivity contribution >= 4 is 5.91 Å². The van der Waals surface area contributed by atoms with Crippen LogP contribution in [0.2, 0.25) is 0 Å². The Morgan fingerprint density at radius 3 is 2.55 bits per heavy atom. The van der Waals surface area contributed by atoms with Crippen LogP contribution in [0.3, 0.4) is 0 Å². The number of hydrogen-bond acceptors (Lipinski definition) is 3. The molecule has 0 radical (unpaired) electrons. The van der Waals surface area contributed by atoms with E-state index in [1.807, 2.05) is 18.2 Å². The molecular weight excluding hydrogens is 252 g/mol. The first-order chi connectivity index (χ1) is 9.63. The van der Waals surface area contributed by atoms with Gasteiger partial charge in [-0.25, -0.2) is 0 Å². The Balaban J connectivity index is 2.47. The number of nitrogens with one attached hydrogen (secondary N) is 2. The predicted molar refractivity (Wildman–Crippen MR) is 81.5 cm³/mol. The number of carbonyl (C=O) groups is 1. The summed E-state index contributed by atoms with van der Waals surface area (Å²) in [7, 11) is 1.62. The van der Waals surface area contributed by atoms with Gasteiger partial charge in [-0.1, -0.05) is 44.2 Å². The van der Waals surface area contributed by atoms with E-state index in [9.17, 15) is 4.79 Å². The molecule has 1 unspecified atom stereocenters. The van der Waals surface area contributed by atoms with Crippen molar-refractivity contribution in [1.29, 1.82) is 0 Å². The molecule has 0 heterocycles. The number of methoxy groups -OCH3 is 1. The topological polar surface area (TPSA) is 50.4 Å². The van der Waals surface area contributed by atoms with Gasteiger partial charge in [0.1, 0.15) is 0 Å². The summed E-state index contributed by atoms with van der Waals surface area (Å²) in [5.41, 5.74) is 1.23. The Morgan fingerprint density at radius 1 is 1.25 bits per heavy atom. The van der Waals surface area contributed by atoms with Crippen LogP contribution in [-0.4, -0.2) is 32.7 Å². The second-order valence-electron chi connectivity index (χ2n) is 5.32. The molecule has 0 aliphatic carbocycles. The van der Waals surface area contributed by atoms with Gasteiger partial charge in [-0.3, -0.25) is 4.79 Å². The van der Waals surface area contributed by atoms with E-state index in [4.69, 9.17) is 4.74 Å². The molecular formula is C16H26N2O2. The van der Waals surface area contributed by atoms with Gasteiger partial charge in [-0.15, -0.1) is 0 Å². The first-order valence-corrected chi connectivity index (χ1v) is 7.17. The molecule has 4 heteroatoms. The fourth-order valence-electron chi connectivity index (χ4n) is 2.06. The summed E-state index contributed by atoms with van der Waals surface area (Å²) in [6.07, 6.45) is 1.01. The third kappa shape index (κ3) is 6.68. The molecule has 1 rings (SSSR count). The molecule has 1 atom stereocenters. The van der Waals surface area contributed by atoms with Crippen LogP contribution >= 0.6 is 0 Å². The van der Waals surface area contributed by atoms with E-state index in [2.05, 4.69) is 36.6 Å². The molecule has 0 saturated heterocycles. The smallest absolute Gasteiger partial charge is 0.234 e. The van der Waals surface area contributed by atoms with Gasteiger partial charge in [0, 0.05) is 19.7 Å². The lowest BCUT2D eigenvalue weighted by Gasteiger charge is -2.21. The number of rotatable bonds is 9. The van der Waals surface area contributed by atoms with Crippen LogP contribution in [0, 0.1) is 5.92 Å². The molecule has 0 spiro atoms. The highest BCUT2D eigenvalue weighted by atomic mass is 16.5. The Labute approximate surface area is 121 Å². The van der Waals surface area contributed by atoms with Crippen molar-refractivity contribution in [2.75, 3.05) is 26.8 Å². The van der Waals surface area contributed by atoms with Gasteiger partial charge in [-0.05, 0) is 17.9 Å². The molecule has 112 valence electrons. The SMILES string of the molecule is COCCNC(=O)CNC(CC(C)C)c1ccccc1. The molecule has 20 heavy (non-hydrogen) atoms. The molecule has 2 N–H and O–H groups in total. The lowest BCUT2D eigenvalue weighted by molar-refractivity contribution is -0.120. The molecule has 0 aliphatic heterocycles. The Kier molecular flexibility index (Phi) is 7.92. The van der Waals surface area contributed by atoms with Gasteiger partial charge in [0.25, 0.3) is 0 Å². The van der Waals surface area contributed by atoms with Gasteiger partial charge >= 0.3 is 0 Å². The molecule has 0 fully saturated rings. The number of amides is 1. The van der Waals surface area contributed by atoms with Crippen LogP contribution < -0.4 is 10.6 Å². The summed E-state index contributed by atoms with van der Waals surface area (Å²) in [6.45, 7) is 5.81. The molecule has 1 aromatic carbocycles. The monoisotopic (exact) mass is 278 g/mol. The number of benzene rings is 1. The van der Waals surface area contributed by atoms with Crippen molar-refractivity contribution in [3.05, 3.63) is 35.9 Å². The Bertz CT molecular complexity index is 379. The Hall–Kier alpha value is -1.39. The molecule has 4 nitrogen and oxygen atoms in total. The van der Waals surface area contributed by atoms with Crippen molar-refractivity contribution in [3.8, 4) is 0 Å². The maximum atomic E-state index is 11.7. The highest BCUT2D eigenvalue weighted by molar-refractivity contribution is 5.78. The van der Waals surface area contributed by atoms with Crippen LogP contribution in [0.15, 0.2) is 30.3 Å². The predicted octanol–water partition coefficient (Wildman–Crippen LogP) is 2.13. The van der Waals surface area contributed by atoms with Crippen LogP contribution in [0.1, 0.15) is 31.9 Å². The van der Waals surface area contributed by atoms with Crippen LogP contribution in [0.4, 0.5) is 0 Å². The van der Waals surface area contributed by atoms with E-state index in [0.29, 0.717) is 25.6 Å². The normalized spacial score (nSPS) is 12.4. The standard InChI is InChI=1S/C16H26N2O2/c1-13(2)11-15(14-7-5-4-6-8-14)18-12-16(19)17-9-10-20-3/h4-8,13,15,18H,9-12H2,1-3H3,(H,17,19). The summed E-state index contributed by atoms with van der Waals surface area (Å²) in [5.74, 6) is 0.580. The summed E-state index contributed by atoms with van der Waals surface area (Å²) < 4.78 is 4.90. The lowest BCUT2D eigenvalue weighted by atomic mass is 9.97. The second-order valence-corrected chi connectivity index (χ2v) is 5.32. The fourth-order valence-corrected chi connectivity index (χ4v) is 2.06. The molecule has 1 aromatic rings. The second kappa shape index (κ2) is 9.50. The Morgan fingerprint density at radius 2 is 1.95 bits per heavy atom. The highest BCUT2D eigenvalue weighted by Gasteiger charge is 2.13. The summed E-state index contributed by atoms with van der Waals surface area (Å²) in [5, 5.41) is 6.16. The molecule has 0 aromatic heterocycles. The van der Waals surface area contributed by atoms with E-state index in [1.54, 1.807) is 7.11 Å². The van der Waals surface area contributed by atoms with Crippen molar-refractivity contribution in [2.24, 2.45) is 5.92 Å². The number of carbonyl (C=O) groups excluding carboxylic acids is 1. The summed E-state index contributed by atoms with van der Waals surface area (Å²) >= 11 is 0. The first kappa shape index (κ1) is 16.7. The number of hydrogen-bond donors (Lipinski definition) is 2. The largest absolute Gasteiger partial charge is 0.383 e. The zero-order valence-corrected chi connectivity index (χ0v) is 12.7. The molecule has 1 amide bonds. The quantitative estimate of drug-likeness (QED) is 0.680. The van der Waals surface area contributed by atoms with E-state index >= 15 is 0 Å². The average Bonchev–Trinajstić information content (AvgIpc) is 2.44. The molecule has 0 aliphatic rings. The van der Waals surface area contributed by atoms with Gasteiger partial charge in [0.2, 0.25) is 5.91 Å². The van der Waals surface area contributed by atoms with Crippen LogP contribution in [-0.2, 0) is 9.53 Å². The maximum absolute atomic E-state index is 11.7. The summed E-state index contributed by atoms with van der Waals surface area (Å²) in [6, 6.07) is 10.5. The minimum atomic E-state index is 0.00624. The third-order valence-corrected chi connectivity index (χ3v) is 3.05. The zero-order valence-electron chi connectivity index (χ0n) is 12.7. The van der Waals surface area contributed by atoms with Gasteiger partial charge < -0.3 is 15.4 Å². The van der Waals surface area contributed by atoms with Crippen molar-refractivity contribution in [1.82, 2.24) is 10.6 Å². The van der Waals surface area contributed by atoms with E-state index in [0.717, 1.165) is 6.42 Å². The van der Waals surface area contributed by atoms with E-state index in [-0.39, 0.29) is 11.9 Å². The minimum absolute atomic E-state index is 0.00624. The zero-order chi connectivity index (χ0) is 14.8. The van der Waals surface area contributed by atoms with Gasteiger partial charge in [0.05, 0.1) is 13.2 Å². The van der Waals surface area contributed by atoms with Crippen LogP contribution in [0.5, 0.6) is 0 Å². The van der Waals surface area contributed by atoms with E-state index in [1.165, 1.54) is 5.56 Å². The minimum Gasteiger partial charge on any atom is -0.383 e. The van der Waals surface area contributed by atoms with Crippen molar-refractivity contribution < 1.29 is 9.53 Å². The number of ether oxygens (including phenoxy) is 1. The lowest BCUT2D eigenvalue weighted by Crippen LogP contribution is -2.37. The average molecular weight is 278 g/mol. The van der Waals surface area contributed by atoms with Crippen molar-refractivity contribution in [2.45, 2.75) is 26.3 Å². The van der Waals surface area contributed by atoms with Crippen molar-refractivity contribution in [3.63, 3.8) is 0 Å². The van der Waals surface area contributed by atoms with Crippen LogP contribution in [0.25, 0.3) is 0 Å². The maximum Gasteiger partial charge on any atom is 0.234 e. The van der Waals surface area contributed by atoms with Gasteiger partial charge in [0.15, 0.2) is 0 Å². The van der Waals surface area contributed by atoms with Gasteiger partial charge in [-0.2, -0.15) is 0 Å².